The zero-order valence-electron chi connectivity index (χ0n) is 14.8. The van der Waals surface area contributed by atoms with Gasteiger partial charge in [-0.2, -0.15) is 5.26 Å². The second-order valence-corrected chi connectivity index (χ2v) is 7.33. The second-order valence-electron chi connectivity index (χ2n) is 5.87. The van der Waals surface area contributed by atoms with Gasteiger partial charge in [0.1, 0.15) is 0 Å². The maximum Gasteiger partial charge on any atom is 0.331 e. The van der Waals surface area contributed by atoms with E-state index in [0.717, 1.165) is 15.0 Å². The summed E-state index contributed by atoms with van der Waals surface area (Å²) in [6, 6.07) is 16.1. The molecule has 28 heavy (non-hydrogen) atoms. The van der Waals surface area contributed by atoms with E-state index in [2.05, 4.69) is 5.32 Å². The highest BCUT2D eigenvalue weighted by Crippen LogP contribution is 2.35. The molecule has 0 unspecified atom stereocenters. The number of halogens is 1. The van der Waals surface area contributed by atoms with Crippen LogP contribution in [0.25, 0.3) is 16.2 Å². The average molecular weight is 411 g/mol. The highest BCUT2D eigenvalue weighted by atomic mass is 35.5. The molecule has 0 radical (unpaired) electrons. The summed E-state index contributed by atoms with van der Waals surface area (Å²) < 4.78 is 6.16. The highest BCUT2D eigenvalue weighted by Gasteiger charge is 2.17. The number of ether oxygens (including phenoxy) is 1. The van der Waals surface area contributed by atoms with Crippen LogP contribution in [0.5, 0.6) is 0 Å². The Morgan fingerprint density at radius 2 is 2.04 bits per heavy atom. The summed E-state index contributed by atoms with van der Waals surface area (Å²) in [6.45, 7) is 1.47. The molecule has 5 nitrogen and oxygen atoms in total. The SMILES string of the molecule is C[C@@H](OC(=O)/C=C/c1sc2ccccc2c1Cl)C(=O)Nc1cccc(C#N)c1. The number of amides is 1. The van der Waals surface area contributed by atoms with Crippen molar-refractivity contribution in [3.05, 3.63) is 70.1 Å². The fraction of sp³-hybridized carbons (Fsp3) is 0.0952. The van der Waals surface area contributed by atoms with E-state index in [9.17, 15) is 9.59 Å². The largest absolute Gasteiger partial charge is 0.449 e. The molecule has 0 aliphatic heterocycles. The van der Waals surface area contributed by atoms with Crippen LogP contribution in [-0.4, -0.2) is 18.0 Å². The van der Waals surface area contributed by atoms with Crippen molar-refractivity contribution < 1.29 is 14.3 Å². The first-order valence-electron chi connectivity index (χ1n) is 8.34. The van der Waals surface area contributed by atoms with Crippen molar-refractivity contribution in [1.29, 1.82) is 5.26 Å². The first-order valence-corrected chi connectivity index (χ1v) is 9.54. The van der Waals surface area contributed by atoms with Gasteiger partial charge in [0.25, 0.3) is 5.91 Å². The predicted octanol–water partition coefficient (Wildman–Crippen LogP) is 5.01. The molecule has 0 aliphatic carbocycles. The van der Waals surface area contributed by atoms with Gasteiger partial charge in [-0.1, -0.05) is 35.9 Å². The van der Waals surface area contributed by atoms with Gasteiger partial charge in [-0.15, -0.1) is 11.3 Å². The van der Waals surface area contributed by atoms with Gasteiger partial charge >= 0.3 is 5.97 Å². The summed E-state index contributed by atoms with van der Waals surface area (Å²) in [5, 5.41) is 13.0. The number of nitrogens with zero attached hydrogens (tertiary/aromatic N) is 1. The molecular formula is C21H15ClN2O3S. The van der Waals surface area contributed by atoms with Crippen LogP contribution in [0.2, 0.25) is 5.02 Å². The second kappa shape index (κ2) is 8.70. The summed E-state index contributed by atoms with van der Waals surface area (Å²) >= 11 is 7.80. The van der Waals surface area contributed by atoms with Gasteiger partial charge in [-0.25, -0.2) is 4.79 Å². The zero-order chi connectivity index (χ0) is 20.1. The minimum Gasteiger partial charge on any atom is -0.449 e. The van der Waals surface area contributed by atoms with E-state index in [0.29, 0.717) is 16.3 Å². The molecule has 2 aromatic carbocycles. The number of esters is 1. The lowest BCUT2D eigenvalue weighted by Crippen LogP contribution is -2.29. The van der Waals surface area contributed by atoms with E-state index in [1.165, 1.54) is 30.4 Å². The maximum absolute atomic E-state index is 12.2. The minimum atomic E-state index is -0.999. The Morgan fingerprint density at radius 1 is 1.25 bits per heavy atom. The zero-order valence-corrected chi connectivity index (χ0v) is 16.4. The molecule has 1 aromatic heterocycles. The number of nitrogens with one attached hydrogen (secondary N) is 1. The van der Waals surface area contributed by atoms with Crippen molar-refractivity contribution in [2.24, 2.45) is 0 Å². The molecule has 0 aliphatic rings. The normalized spacial score (nSPS) is 11.9. The summed E-state index contributed by atoms with van der Waals surface area (Å²) in [5.74, 6) is -1.14. The van der Waals surface area contributed by atoms with Gasteiger partial charge in [0.2, 0.25) is 0 Å². The van der Waals surface area contributed by atoms with E-state index in [-0.39, 0.29) is 0 Å². The van der Waals surface area contributed by atoms with Gasteiger partial charge in [0.15, 0.2) is 6.10 Å². The van der Waals surface area contributed by atoms with Crippen molar-refractivity contribution >= 4 is 56.7 Å². The predicted molar refractivity (Wildman–Crippen MR) is 111 cm³/mol. The lowest BCUT2D eigenvalue weighted by Gasteiger charge is -2.12. The Bertz CT molecular complexity index is 1110. The number of thiophene rings is 1. The Hall–Kier alpha value is -3.14. The summed E-state index contributed by atoms with van der Waals surface area (Å²) in [7, 11) is 0. The van der Waals surface area contributed by atoms with E-state index in [4.69, 9.17) is 21.6 Å². The summed E-state index contributed by atoms with van der Waals surface area (Å²) in [6.07, 6.45) is 1.83. The lowest BCUT2D eigenvalue weighted by molar-refractivity contribution is -0.148. The standard InChI is InChI=1S/C21H15ClN2O3S/c1-13(21(26)24-15-6-4-5-14(11-15)12-23)27-19(25)10-9-18-20(22)16-7-2-3-8-17(16)28-18/h2-11,13H,1H3,(H,24,26)/b10-9+/t13-/m1/s1. The molecule has 1 heterocycles. The molecule has 3 rings (SSSR count). The van der Waals surface area contributed by atoms with Crippen molar-refractivity contribution in [1.82, 2.24) is 0 Å². The van der Waals surface area contributed by atoms with Crippen LogP contribution >= 0.6 is 22.9 Å². The molecule has 0 fully saturated rings. The third-order valence-corrected chi connectivity index (χ3v) is 5.51. The third kappa shape index (κ3) is 4.58. The summed E-state index contributed by atoms with van der Waals surface area (Å²) in [4.78, 5) is 25.0. The number of carbonyl (C=O) groups is 2. The van der Waals surface area contributed by atoms with Crippen LogP contribution in [-0.2, 0) is 14.3 Å². The van der Waals surface area contributed by atoms with Crippen LogP contribution in [0.4, 0.5) is 5.69 Å². The van der Waals surface area contributed by atoms with Gasteiger partial charge in [-0.05, 0) is 37.3 Å². The Kier molecular flexibility index (Phi) is 6.09. The monoisotopic (exact) mass is 410 g/mol. The molecule has 0 spiro atoms. The highest BCUT2D eigenvalue weighted by molar-refractivity contribution is 7.20. The Labute approximate surface area is 170 Å². The number of benzene rings is 2. The van der Waals surface area contributed by atoms with Crippen LogP contribution in [0, 0.1) is 11.3 Å². The molecule has 3 aromatic rings. The minimum absolute atomic E-state index is 0.422. The first kappa shape index (κ1) is 19.6. The fourth-order valence-corrected chi connectivity index (χ4v) is 3.86. The third-order valence-electron chi connectivity index (χ3n) is 3.85. The molecule has 0 saturated heterocycles. The van der Waals surface area contributed by atoms with Crippen LogP contribution in [0.1, 0.15) is 17.4 Å². The van der Waals surface area contributed by atoms with Gasteiger partial charge in [-0.3, -0.25) is 4.79 Å². The molecule has 0 bridgehead atoms. The maximum atomic E-state index is 12.2. The number of anilines is 1. The quantitative estimate of drug-likeness (QED) is 0.473. The molecule has 7 heteroatoms. The Balaban J connectivity index is 1.61. The van der Waals surface area contributed by atoms with Crippen LogP contribution < -0.4 is 5.32 Å². The molecule has 0 saturated carbocycles. The van der Waals surface area contributed by atoms with Crippen molar-refractivity contribution in [3.63, 3.8) is 0 Å². The number of fused-ring (bicyclic) bond motifs is 1. The number of hydrogen-bond acceptors (Lipinski definition) is 5. The fourth-order valence-electron chi connectivity index (χ4n) is 2.46. The van der Waals surface area contributed by atoms with Crippen molar-refractivity contribution in [2.75, 3.05) is 5.32 Å². The smallest absolute Gasteiger partial charge is 0.331 e. The van der Waals surface area contributed by atoms with Crippen molar-refractivity contribution in [2.45, 2.75) is 13.0 Å². The number of carbonyl (C=O) groups excluding carboxylic acids is 2. The van der Waals surface area contributed by atoms with Crippen molar-refractivity contribution in [3.8, 4) is 6.07 Å². The number of nitriles is 1. The molecule has 140 valence electrons. The molecule has 1 atom stereocenters. The van der Waals surface area contributed by atoms with Crippen LogP contribution in [0.15, 0.2) is 54.6 Å². The molecule has 1 amide bonds. The number of hydrogen-bond donors (Lipinski definition) is 1. The topological polar surface area (TPSA) is 79.2 Å². The van der Waals surface area contributed by atoms with Gasteiger partial charge in [0, 0.05) is 26.7 Å². The lowest BCUT2D eigenvalue weighted by atomic mass is 10.2. The van der Waals surface area contributed by atoms with Gasteiger partial charge in [0.05, 0.1) is 16.7 Å². The molecule has 1 N–H and O–H groups in total. The van der Waals surface area contributed by atoms with Gasteiger partial charge < -0.3 is 10.1 Å². The Morgan fingerprint density at radius 3 is 2.79 bits per heavy atom. The van der Waals surface area contributed by atoms with E-state index in [1.807, 2.05) is 30.3 Å². The van der Waals surface area contributed by atoms with E-state index < -0.39 is 18.0 Å². The first-order chi connectivity index (χ1) is 13.5. The molecular weight excluding hydrogens is 396 g/mol. The average Bonchev–Trinajstić information content (AvgIpc) is 3.02. The number of rotatable bonds is 5. The van der Waals surface area contributed by atoms with E-state index >= 15 is 0 Å². The van der Waals surface area contributed by atoms with Crippen LogP contribution in [0.3, 0.4) is 0 Å². The summed E-state index contributed by atoms with van der Waals surface area (Å²) in [5.41, 5.74) is 0.880. The van der Waals surface area contributed by atoms with E-state index in [1.54, 1.807) is 24.3 Å².